The summed E-state index contributed by atoms with van der Waals surface area (Å²) in [4.78, 5) is 6.84. The standard InChI is InChI=1S/C20H36N4O.HI/c1-6-21-20(22-12-7-13-25-16-17(2)3)23-14-18-8-10-19(11-9-18)15-24(4)5;/h8-11,17H,6-7,12-16H2,1-5H3,(H2,21,22,23);1H. The van der Waals surface area contributed by atoms with Crippen LogP contribution in [0.2, 0.25) is 0 Å². The van der Waals surface area contributed by atoms with Crippen LogP contribution in [0.5, 0.6) is 0 Å². The Morgan fingerprint density at radius 2 is 1.77 bits per heavy atom. The van der Waals surface area contributed by atoms with Crippen molar-refractivity contribution >= 4 is 29.9 Å². The molecule has 0 unspecified atom stereocenters. The molecule has 1 rings (SSSR count). The number of aliphatic imine (C=N–C) groups is 1. The first kappa shape index (κ1) is 25.1. The number of nitrogens with one attached hydrogen (secondary N) is 2. The number of nitrogens with zero attached hydrogens (tertiary/aromatic N) is 2. The Bertz CT molecular complexity index is 489. The van der Waals surface area contributed by atoms with Crippen molar-refractivity contribution in [2.45, 2.75) is 40.3 Å². The molecule has 0 heterocycles. The molecule has 26 heavy (non-hydrogen) atoms. The van der Waals surface area contributed by atoms with Gasteiger partial charge in [0, 0.05) is 32.8 Å². The van der Waals surface area contributed by atoms with Gasteiger partial charge in [-0.05, 0) is 44.5 Å². The van der Waals surface area contributed by atoms with Gasteiger partial charge in [-0.3, -0.25) is 0 Å². The maximum atomic E-state index is 5.60. The first-order valence-corrected chi connectivity index (χ1v) is 9.33. The van der Waals surface area contributed by atoms with Gasteiger partial charge in [-0.1, -0.05) is 38.1 Å². The number of hydrogen-bond acceptors (Lipinski definition) is 3. The van der Waals surface area contributed by atoms with Crippen LogP contribution in [0.3, 0.4) is 0 Å². The average Bonchev–Trinajstić information content (AvgIpc) is 2.56. The van der Waals surface area contributed by atoms with Gasteiger partial charge >= 0.3 is 0 Å². The maximum Gasteiger partial charge on any atom is 0.191 e. The topological polar surface area (TPSA) is 48.9 Å². The number of rotatable bonds is 11. The molecule has 0 aliphatic heterocycles. The van der Waals surface area contributed by atoms with E-state index in [1.54, 1.807) is 0 Å². The van der Waals surface area contributed by atoms with E-state index in [2.05, 4.69) is 79.7 Å². The molecule has 0 amide bonds. The van der Waals surface area contributed by atoms with Crippen LogP contribution < -0.4 is 10.6 Å². The molecule has 6 heteroatoms. The number of halogens is 1. The van der Waals surface area contributed by atoms with E-state index in [9.17, 15) is 0 Å². The molecule has 0 aliphatic carbocycles. The molecule has 0 aromatic heterocycles. The fourth-order valence-corrected chi connectivity index (χ4v) is 2.33. The zero-order valence-corrected chi connectivity index (χ0v) is 19.4. The molecule has 0 saturated carbocycles. The molecule has 0 spiro atoms. The van der Waals surface area contributed by atoms with Gasteiger partial charge in [0.1, 0.15) is 0 Å². The summed E-state index contributed by atoms with van der Waals surface area (Å²) in [6, 6.07) is 8.67. The fourth-order valence-electron chi connectivity index (χ4n) is 2.33. The van der Waals surface area contributed by atoms with Gasteiger partial charge in [-0.25, -0.2) is 4.99 Å². The third kappa shape index (κ3) is 12.5. The lowest BCUT2D eigenvalue weighted by Crippen LogP contribution is -2.38. The molecule has 5 nitrogen and oxygen atoms in total. The highest BCUT2D eigenvalue weighted by molar-refractivity contribution is 14.0. The van der Waals surface area contributed by atoms with E-state index in [1.807, 2.05) is 0 Å². The molecule has 0 aliphatic rings. The van der Waals surface area contributed by atoms with Crippen LogP contribution in [-0.4, -0.2) is 51.3 Å². The summed E-state index contributed by atoms with van der Waals surface area (Å²) in [6.45, 7) is 11.4. The smallest absolute Gasteiger partial charge is 0.191 e. The predicted octanol–water partition coefficient (Wildman–Crippen LogP) is 3.48. The zero-order chi connectivity index (χ0) is 18.5. The summed E-state index contributed by atoms with van der Waals surface area (Å²) in [7, 11) is 4.17. The molecule has 0 atom stereocenters. The average molecular weight is 476 g/mol. The second-order valence-electron chi connectivity index (χ2n) is 7.00. The van der Waals surface area contributed by atoms with Crippen molar-refractivity contribution in [2.75, 3.05) is 40.4 Å². The van der Waals surface area contributed by atoms with Crippen LogP contribution >= 0.6 is 24.0 Å². The van der Waals surface area contributed by atoms with Crippen molar-refractivity contribution < 1.29 is 4.74 Å². The van der Waals surface area contributed by atoms with Crippen LogP contribution in [0.4, 0.5) is 0 Å². The minimum Gasteiger partial charge on any atom is -0.381 e. The number of ether oxygens (including phenoxy) is 1. The van der Waals surface area contributed by atoms with Gasteiger partial charge in [0.2, 0.25) is 0 Å². The van der Waals surface area contributed by atoms with Crippen LogP contribution in [0.15, 0.2) is 29.3 Å². The summed E-state index contributed by atoms with van der Waals surface area (Å²) in [5.41, 5.74) is 2.55. The second-order valence-corrected chi connectivity index (χ2v) is 7.00. The lowest BCUT2D eigenvalue weighted by Gasteiger charge is -2.12. The maximum absolute atomic E-state index is 5.60. The molecule has 0 radical (unpaired) electrons. The number of benzene rings is 1. The van der Waals surface area contributed by atoms with Crippen molar-refractivity contribution in [1.29, 1.82) is 0 Å². The summed E-state index contributed by atoms with van der Waals surface area (Å²) in [5, 5.41) is 6.66. The minimum absolute atomic E-state index is 0. The summed E-state index contributed by atoms with van der Waals surface area (Å²) in [6.07, 6.45) is 0.983. The Hall–Kier alpha value is -0.860. The summed E-state index contributed by atoms with van der Waals surface area (Å²) in [5.74, 6) is 1.46. The number of guanidine groups is 1. The predicted molar refractivity (Wildman–Crippen MR) is 122 cm³/mol. The van der Waals surface area contributed by atoms with Crippen molar-refractivity contribution in [3.63, 3.8) is 0 Å². The van der Waals surface area contributed by atoms with Crippen molar-refractivity contribution in [3.05, 3.63) is 35.4 Å². The highest BCUT2D eigenvalue weighted by Crippen LogP contribution is 2.07. The van der Waals surface area contributed by atoms with Crippen LogP contribution in [-0.2, 0) is 17.8 Å². The van der Waals surface area contributed by atoms with E-state index < -0.39 is 0 Å². The Labute approximate surface area is 177 Å². The third-order valence-electron chi connectivity index (χ3n) is 3.49. The Balaban J connectivity index is 0.00000625. The molecule has 1 aromatic rings. The first-order chi connectivity index (χ1) is 12.0. The molecule has 2 N–H and O–H groups in total. The third-order valence-corrected chi connectivity index (χ3v) is 3.49. The minimum atomic E-state index is 0. The van der Waals surface area contributed by atoms with E-state index >= 15 is 0 Å². The lowest BCUT2D eigenvalue weighted by molar-refractivity contribution is 0.108. The zero-order valence-electron chi connectivity index (χ0n) is 17.0. The van der Waals surface area contributed by atoms with Gasteiger partial charge in [0.05, 0.1) is 6.54 Å². The highest BCUT2D eigenvalue weighted by atomic mass is 127. The molecule has 0 bridgehead atoms. The first-order valence-electron chi connectivity index (χ1n) is 9.33. The normalized spacial score (nSPS) is 11.6. The second kappa shape index (κ2) is 15.2. The lowest BCUT2D eigenvalue weighted by atomic mass is 10.1. The van der Waals surface area contributed by atoms with E-state index in [0.717, 1.165) is 45.2 Å². The molecular formula is C20H37IN4O. The van der Waals surface area contributed by atoms with Gasteiger partial charge in [-0.2, -0.15) is 0 Å². The van der Waals surface area contributed by atoms with E-state index in [4.69, 9.17) is 4.74 Å². The Morgan fingerprint density at radius 3 is 2.35 bits per heavy atom. The monoisotopic (exact) mass is 476 g/mol. The molecule has 0 fully saturated rings. The van der Waals surface area contributed by atoms with Crippen LogP contribution in [0.1, 0.15) is 38.3 Å². The van der Waals surface area contributed by atoms with E-state index in [1.165, 1.54) is 11.1 Å². The SMILES string of the molecule is CCNC(=NCc1ccc(CN(C)C)cc1)NCCCOCC(C)C.I. The number of hydrogen-bond donors (Lipinski definition) is 2. The van der Waals surface area contributed by atoms with Crippen molar-refractivity contribution in [1.82, 2.24) is 15.5 Å². The van der Waals surface area contributed by atoms with Crippen molar-refractivity contribution in [2.24, 2.45) is 10.9 Å². The summed E-state index contributed by atoms with van der Waals surface area (Å²) < 4.78 is 5.60. The summed E-state index contributed by atoms with van der Waals surface area (Å²) >= 11 is 0. The van der Waals surface area contributed by atoms with E-state index in [0.29, 0.717) is 12.5 Å². The van der Waals surface area contributed by atoms with Gasteiger partial charge < -0.3 is 20.3 Å². The van der Waals surface area contributed by atoms with Crippen LogP contribution in [0.25, 0.3) is 0 Å². The Morgan fingerprint density at radius 1 is 1.12 bits per heavy atom. The largest absolute Gasteiger partial charge is 0.381 e. The van der Waals surface area contributed by atoms with Gasteiger partial charge in [0.25, 0.3) is 0 Å². The quantitative estimate of drug-likeness (QED) is 0.222. The van der Waals surface area contributed by atoms with Crippen molar-refractivity contribution in [3.8, 4) is 0 Å². The van der Waals surface area contributed by atoms with Gasteiger partial charge in [0.15, 0.2) is 5.96 Å². The molecular weight excluding hydrogens is 439 g/mol. The van der Waals surface area contributed by atoms with Gasteiger partial charge in [-0.15, -0.1) is 24.0 Å². The molecule has 1 aromatic carbocycles. The fraction of sp³-hybridized carbons (Fsp3) is 0.650. The van der Waals surface area contributed by atoms with E-state index in [-0.39, 0.29) is 24.0 Å². The highest BCUT2D eigenvalue weighted by Gasteiger charge is 2.00. The molecule has 0 saturated heterocycles. The Kier molecular flexibility index (Phi) is 14.7. The molecule has 150 valence electrons. The van der Waals surface area contributed by atoms with Crippen LogP contribution in [0, 0.1) is 5.92 Å².